The van der Waals surface area contributed by atoms with E-state index in [2.05, 4.69) is 4.98 Å². The summed E-state index contributed by atoms with van der Waals surface area (Å²) in [4.78, 5) is 4.28. The number of hydrogen-bond acceptors (Lipinski definition) is 1. The van der Waals surface area contributed by atoms with Gasteiger partial charge in [-0.2, -0.15) is 0 Å². The highest BCUT2D eigenvalue weighted by atomic mass is 35.5. The highest BCUT2D eigenvalue weighted by Gasteiger charge is 2.04. The zero-order valence-corrected chi connectivity index (χ0v) is 10.6. The number of benzene rings is 1. The second kappa shape index (κ2) is 4.44. The van der Waals surface area contributed by atoms with Crippen LogP contribution in [0.2, 0.25) is 10.2 Å². The summed E-state index contributed by atoms with van der Waals surface area (Å²) in [5.41, 5.74) is 3.99. The largest absolute Gasteiger partial charge is 0.236 e. The molecule has 0 fully saturated rings. The SMILES string of the molecule is Cc1cc(Cl)nc(-c2ccc(C)c(Cl)c2)c1. The minimum atomic E-state index is 0.506. The molecule has 0 unspecified atom stereocenters. The number of rotatable bonds is 1. The Morgan fingerprint density at radius 2 is 1.75 bits per heavy atom. The monoisotopic (exact) mass is 251 g/mol. The van der Waals surface area contributed by atoms with Crippen molar-refractivity contribution in [3.63, 3.8) is 0 Å². The summed E-state index contributed by atoms with van der Waals surface area (Å²) in [7, 11) is 0. The predicted octanol–water partition coefficient (Wildman–Crippen LogP) is 4.67. The molecule has 16 heavy (non-hydrogen) atoms. The average Bonchev–Trinajstić information content (AvgIpc) is 2.20. The fourth-order valence-corrected chi connectivity index (χ4v) is 1.97. The van der Waals surface area contributed by atoms with Gasteiger partial charge >= 0.3 is 0 Å². The maximum absolute atomic E-state index is 6.08. The Hall–Kier alpha value is -1.05. The van der Waals surface area contributed by atoms with Crippen molar-refractivity contribution in [3.8, 4) is 11.3 Å². The van der Waals surface area contributed by atoms with E-state index < -0.39 is 0 Å². The van der Waals surface area contributed by atoms with Gasteiger partial charge in [-0.25, -0.2) is 4.98 Å². The molecule has 0 saturated carbocycles. The quantitative estimate of drug-likeness (QED) is 0.672. The van der Waals surface area contributed by atoms with Crippen molar-refractivity contribution in [3.05, 3.63) is 51.6 Å². The number of aryl methyl sites for hydroxylation is 2. The van der Waals surface area contributed by atoms with E-state index in [9.17, 15) is 0 Å². The van der Waals surface area contributed by atoms with E-state index in [0.717, 1.165) is 27.4 Å². The summed E-state index contributed by atoms with van der Waals surface area (Å²) < 4.78 is 0. The van der Waals surface area contributed by atoms with Crippen molar-refractivity contribution in [1.82, 2.24) is 4.98 Å². The molecule has 0 bridgehead atoms. The smallest absolute Gasteiger partial charge is 0.130 e. The number of pyridine rings is 1. The Labute approximate surface area is 105 Å². The molecule has 1 nitrogen and oxygen atoms in total. The summed E-state index contributed by atoms with van der Waals surface area (Å²) in [5.74, 6) is 0. The molecule has 0 atom stereocenters. The second-order valence-electron chi connectivity index (χ2n) is 3.82. The van der Waals surface area contributed by atoms with Crippen LogP contribution in [-0.4, -0.2) is 4.98 Å². The third-order valence-corrected chi connectivity index (χ3v) is 3.01. The molecule has 0 N–H and O–H groups in total. The maximum atomic E-state index is 6.08. The Bertz CT molecular complexity index is 515. The van der Waals surface area contributed by atoms with Gasteiger partial charge in [-0.15, -0.1) is 0 Å². The summed E-state index contributed by atoms with van der Waals surface area (Å²) >= 11 is 12.0. The molecule has 82 valence electrons. The van der Waals surface area contributed by atoms with E-state index in [4.69, 9.17) is 23.2 Å². The summed E-state index contributed by atoms with van der Waals surface area (Å²) in [6, 6.07) is 9.72. The number of halogens is 2. The predicted molar refractivity (Wildman–Crippen MR) is 69.2 cm³/mol. The Morgan fingerprint density at radius 3 is 2.38 bits per heavy atom. The first-order chi connectivity index (χ1) is 7.56. The van der Waals surface area contributed by atoms with Crippen LogP contribution in [0, 0.1) is 13.8 Å². The molecular formula is C13H11Cl2N. The number of hydrogen-bond donors (Lipinski definition) is 0. The Morgan fingerprint density at radius 1 is 1.00 bits per heavy atom. The first-order valence-corrected chi connectivity index (χ1v) is 5.72. The van der Waals surface area contributed by atoms with Crippen LogP contribution in [0.3, 0.4) is 0 Å². The van der Waals surface area contributed by atoms with Crippen molar-refractivity contribution in [2.45, 2.75) is 13.8 Å². The van der Waals surface area contributed by atoms with Gasteiger partial charge in [-0.1, -0.05) is 35.3 Å². The molecule has 0 amide bonds. The fraction of sp³-hybridized carbons (Fsp3) is 0.154. The molecule has 0 aliphatic carbocycles. The third kappa shape index (κ3) is 2.37. The van der Waals surface area contributed by atoms with Gasteiger partial charge in [0.1, 0.15) is 5.15 Å². The lowest BCUT2D eigenvalue weighted by molar-refractivity contribution is 1.28. The third-order valence-electron chi connectivity index (χ3n) is 2.41. The summed E-state index contributed by atoms with van der Waals surface area (Å²) in [5, 5.41) is 1.25. The van der Waals surface area contributed by atoms with Crippen molar-refractivity contribution >= 4 is 23.2 Å². The van der Waals surface area contributed by atoms with E-state index in [1.54, 1.807) is 0 Å². The van der Waals surface area contributed by atoms with E-state index >= 15 is 0 Å². The standard InChI is InChI=1S/C13H11Cl2N/c1-8-5-12(16-13(15)6-8)10-4-3-9(2)11(14)7-10/h3-7H,1-2H3. The molecule has 3 heteroatoms. The molecule has 0 radical (unpaired) electrons. The lowest BCUT2D eigenvalue weighted by atomic mass is 10.1. The minimum absolute atomic E-state index is 0.506. The summed E-state index contributed by atoms with van der Waals surface area (Å²) in [6.45, 7) is 3.97. The lowest BCUT2D eigenvalue weighted by Crippen LogP contribution is -1.87. The fourth-order valence-electron chi connectivity index (χ4n) is 1.52. The van der Waals surface area contributed by atoms with Gasteiger partial charge in [0, 0.05) is 10.6 Å². The topological polar surface area (TPSA) is 12.9 Å². The van der Waals surface area contributed by atoms with Gasteiger partial charge in [0.2, 0.25) is 0 Å². The highest BCUT2D eigenvalue weighted by Crippen LogP contribution is 2.25. The molecule has 0 saturated heterocycles. The van der Waals surface area contributed by atoms with Crippen LogP contribution in [0.5, 0.6) is 0 Å². The Balaban J connectivity index is 2.54. The van der Waals surface area contributed by atoms with Gasteiger partial charge in [-0.3, -0.25) is 0 Å². The normalized spacial score (nSPS) is 10.5. The molecule has 1 heterocycles. The first-order valence-electron chi connectivity index (χ1n) is 4.97. The van der Waals surface area contributed by atoms with Crippen molar-refractivity contribution in [1.29, 1.82) is 0 Å². The molecule has 2 rings (SSSR count). The van der Waals surface area contributed by atoms with Gasteiger partial charge in [0.25, 0.3) is 0 Å². The van der Waals surface area contributed by atoms with Crippen LogP contribution in [-0.2, 0) is 0 Å². The van der Waals surface area contributed by atoms with E-state index in [1.165, 1.54) is 0 Å². The number of aromatic nitrogens is 1. The van der Waals surface area contributed by atoms with Crippen LogP contribution in [0.15, 0.2) is 30.3 Å². The zero-order valence-electron chi connectivity index (χ0n) is 9.09. The Kier molecular flexibility index (Phi) is 3.17. The van der Waals surface area contributed by atoms with E-state index in [1.807, 2.05) is 44.2 Å². The van der Waals surface area contributed by atoms with E-state index in [0.29, 0.717) is 5.15 Å². The van der Waals surface area contributed by atoms with Crippen LogP contribution in [0.4, 0.5) is 0 Å². The molecular weight excluding hydrogens is 241 g/mol. The van der Waals surface area contributed by atoms with Gasteiger partial charge in [-0.05, 0) is 43.2 Å². The molecule has 0 aliphatic heterocycles. The van der Waals surface area contributed by atoms with Crippen molar-refractivity contribution < 1.29 is 0 Å². The highest BCUT2D eigenvalue weighted by molar-refractivity contribution is 6.31. The van der Waals surface area contributed by atoms with Crippen LogP contribution < -0.4 is 0 Å². The van der Waals surface area contributed by atoms with Crippen molar-refractivity contribution in [2.24, 2.45) is 0 Å². The molecule has 0 aliphatic rings. The van der Waals surface area contributed by atoms with Crippen molar-refractivity contribution in [2.75, 3.05) is 0 Å². The average molecular weight is 252 g/mol. The van der Waals surface area contributed by atoms with Crippen LogP contribution >= 0.6 is 23.2 Å². The minimum Gasteiger partial charge on any atom is -0.236 e. The zero-order chi connectivity index (χ0) is 11.7. The lowest BCUT2D eigenvalue weighted by Gasteiger charge is -2.05. The molecule has 1 aromatic carbocycles. The van der Waals surface area contributed by atoms with Gasteiger partial charge in [0.05, 0.1) is 5.69 Å². The molecule has 0 spiro atoms. The van der Waals surface area contributed by atoms with Crippen LogP contribution in [0.1, 0.15) is 11.1 Å². The first kappa shape index (κ1) is 11.4. The van der Waals surface area contributed by atoms with E-state index in [-0.39, 0.29) is 0 Å². The maximum Gasteiger partial charge on any atom is 0.130 e. The molecule has 1 aromatic heterocycles. The van der Waals surface area contributed by atoms with Crippen LogP contribution in [0.25, 0.3) is 11.3 Å². The van der Waals surface area contributed by atoms with Gasteiger partial charge < -0.3 is 0 Å². The second-order valence-corrected chi connectivity index (χ2v) is 4.61. The number of nitrogens with zero attached hydrogens (tertiary/aromatic N) is 1. The molecule has 2 aromatic rings. The van der Waals surface area contributed by atoms with Gasteiger partial charge in [0.15, 0.2) is 0 Å². The summed E-state index contributed by atoms with van der Waals surface area (Å²) in [6.07, 6.45) is 0.